The molecule has 2 unspecified atom stereocenters. The Kier molecular flexibility index (Phi) is 6.48. The number of hydroxylamine groups is 1. The summed E-state index contributed by atoms with van der Waals surface area (Å²) in [7, 11) is 0. The molecule has 3 N–H and O–H groups in total. The van der Waals surface area contributed by atoms with E-state index in [1.165, 1.54) is 24.8 Å². The van der Waals surface area contributed by atoms with Gasteiger partial charge in [0.05, 0.1) is 6.61 Å². The van der Waals surface area contributed by atoms with Crippen molar-refractivity contribution in [3.63, 3.8) is 0 Å². The van der Waals surface area contributed by atoms with Crippen LogP contribution in [0.3, 0.4) is 0 Å². The lowest BCUT2D eigenvalue weighted by atomic mass is 9.46. The molecule has 5 aliphatic rings. The highest BCUT2D eigenvalue weighted by Crippen LogP contribution is 2.64. The fraction of sp³-hybridized carbons (Fsp3) is 0.379. The molecule has 182 valence electrons. The molecule has 0 aromatic heterocycles. The van der Waals surface area contributed by atoms with Crippen molar-refractivity contribution in [3.05, 3.63) is 71.3 Å². The summed E-state index contributed by atoms with van der Waals surface area (Å²) < 4.78 is 6.28. The van der Waals surface area contributed by atoms with E-state index in [0.717, 1.165) is 53.2 Å². The van der Waals surface area contributed by atoms with Crippen molar-refractivity contribution in [2.45, 2.75) is 50.4 Å². The van der Waals surface area contributed by atoms with Gasteiger partial charge in [0, 0.05) is 23.5 Å². The predicted octanol–water partition coefficient (Wildman–Crippen LogP) is 5.50. The zero-order valence-electron chi connectivity index (χ0n) is 19.7. The van der Waals surface area contributed by atoms with Gasteiger partial charge in [0.25, 0.3) is 0 Å². The molecule has 3 saturated carbocycles. The Morgan fingerprint density at radius 1 is 1.06 bits per heavy atom. The van der Waals surface area contributed by atoms with Gasteiger partial charge >= 0.3 is 5.97 Å². The van der Waals surface area contributed by atoms with Crippen molar-refractivity contribution in [2.75, 3.05) is 6.61 Å². The molecule has 1 amide bonds. The van der Waals surface area contributed by atoms with Crippen molar-refractivity contribution < 1.29 is 24.6 Å². The minimum atomic E-state index is -0.958. The van der Waals surface area contributed by atoms with Crippen LogP contribution in [-0.2, 0) is 15.0 Å². The summed E-state index contributed by atoms with van der Waals surface area (Å²) >= 11 is 0. The van der Waals surface area contributed by atoms with Gasteiger partial charge in [-0.05, 0) is 85.3 Å². The standard InChI is InChI=1S/C29H31NO5/c31-27(30-34)3-1-2-14-35-26-10-9-21(20-7-4-19(5-8-20)6-11-28(32)33)16-25(26)29-13-12-24-22(17-29)15-23(24)18-29/h4-12,16,22-23,34H,1-3,13-15,17-18H2,(H,30,31)(H,32,33)/b11-6+. The predicted molar refractivity (Wildman–Crippen MR) is 133 cm³/mol. The highest BCUT2D eigenvalue weighted by Gasteiger charge is 2.54. The first-order chi connectivity index (χ1) is 17.0. The van der Waals surface area contributed by atoms with E-state index in [4.69, 9.17) is 15.1 Å². The van der Waals surface area contributed by atoms with E-state index in [0.29, 0.717) is 13.0 Å². The number of amides is 1. The molecule has 0 saturated heterocycles. The number of nitrogens with one attached hydrogen (secondary N) is 1. The van der Waals surface area contributed by atoms with Crippen molar-refractivity contribution >= 4 is 18.0 Å². The second-order valence-electron chi connectivity index (χ2n) is 10.1. The Hall–Kier alpha value is -3.38. The number of hydrogen-bond acceptors (Lipinski definition) is 4. The van der Waals surface area contributed by atoms with E-state index in [1.54, 1.807) is 17.1 Å². The fourth-order valence-corrected chi connectivity index (χ4v) is 6.19. The molecule has 2 aromatic carbocycles. The summed E-state index contributed by atoms with van der Waals surface area (Å²) in [6, 6.07) is 14.4. The summed E-state index contributed by atoms with van der Waals surface area (Å²) in [6.45, 7) is 0.527. The number of carbonyl (C=O) groups is 2. The number of allylic oxidation sites excluding steroid dienone is 2. The molecule has 2 aromatic rings. The van der Waals surface area contributed by atoms with E-state index in [2.05, 4.69) is 24.3 Å². The molecule has 4 bridgehead atoms. The van der Waals surface area contributed by atoms with Crippen LogP contribution >= 0.6 is 0 Å². The van der Waals surface area contributed by atoms with E-state index < -0.39 is 5.97 Å². The van der Waals surface area contributed by atoms with Crippen molar-refractivity contribution in [2.24, 2.45) is 11.8 Å². The number of carboxylic acids is 1. The summed E-state index contributed by atoms with van der Waals surface area (Å²) in [6.07, 6.45) is 11.6. The number of benzene rings is 2. The zero-order chi connectivity index (χ0) is 24.4. The maximum absolute atomic E-state index is 11.2. The van der Waals surface area contributed by atoms with Crippen molar-refractivity contribution in [1.82, 2.24) is 5.48 Å². The molecule has 0 heterocycles. The van der Waals surface area contributed by atoms with Gasteiger partial charge < -0.3 is 9.84 Å². The molecular formula is C29H31NO5. The molecular weight excluding hydrogens is 442 g/mol. The summed E-state index contributed by atoms with van der Waals surface area (Å²) in [4.78, 5) is 22.0. The van der Waals surface area contributed by atoms with Gasteiger partial charge in [-0.2, -0.15) is 0 Å². The van der Waals surface area contributed by atoms with Crippen molar-refractivity contribution in [1.29, 1.82) is 0 Å². The van der Waals surface area contributed by atoms with E-state index in [9.17, 15) is 9.59 Å². The normalized spacial score (nSPS) is 24.1. The number of hydrogen-bond donors (Lipinski definition) is 3. The Morgan fingerprint density at radius 2 is 1.80 bits per heavy atom. The third kappa shape index (κ3) is 4.76. The third-order valence-electron chi connectivity index (χ3n) is 7.91. The number of fused-ring (bicyclic) bond motifs is 1. The molecule has 0 spiro atoms. The van der Waals surface area contributed by atoms with Crippen LogP contribution in [0.2, 0.25) is 0 Å². The Morgan fingerprint density at radius 3 is 2.49 bits per heavy atom. The molecule has 35 heavy (non-hydrogen) atoms. The molecule has 7 rings (SSSR count). The van der Waals surface area contributed by atoms with Crippen LogP contribution < -0.4 is 10.2 Å². The van der Waals surface area contributed by atoms with Crippen LogP contribution in [-0.4, -0.2) is 28.8 Å². The number of ether oxygens (including phenoxy) is 1. The van der Waals surface area contributed by atoms with Crippen LogP contribution in [0.15, 0.2) is 60.2 Å². The Bertz CT molecular complexity index is 1170. The smallest absolute Gasteiger partial charge is 0.328 e. The lowest BCUT2D eigenvalue weighted by Gasteiger charge is -2.58. The van der Waals surface area contributed by atoms with Gasteiger partial charge in [-0.25, -0.2) is 10.3 Å². The van der Waals surface area contributed by atoms with Gasteiger partial charge in [-0.15, -0.1) is 0 Å². The van der Waals surface area contributed by atoms with Gasteiger partial charge in [-0.3, -0.25) is 10.0 Å². The zero-order valence-corrected chi connectivity index (χ0v) is 19.7. The maximum atomic E-state index is 11.2. The van der Waals surface area contributed by atoms with Crippen LogP contribution in [0.4, 0.5) is 0 Å². The average molecular weight is 474 g/mol. The summed E-state index contributed by atoms with van der Waals surface area (Å²) in [5.74, 6) is 1.04. The number of unbranched alkanes of at least 4 members (excludes halogenated alkanes) is 1. The van der Waals surface area contributed by atoms with E-state index >= 15 is 0 Å². The van der Waals surface area contributed by atoms with E-state index in [1.807, 2.05) is 24.3 Å². The SMILES string of the molecule is O=C(O)/C=C/c1ccc(-c2ccc(OCCCCC(=O)NO)c(C34CC=C5C(CC5C3)C4)c2)cc1. The Balaban J connectivity index is 1.38. The van der Waals surface area contributed by atoms with Gasteiger partial charge in [0.2, 0.25) is 5.91 Å². The number of carbonyl (C=O) groups excluding carboxylic acids is 1. The molecule has 2 atom stereocenters. The van der Waals surface area contributed by atoms with Crippen LogP contribution in [0.5, 0.6) is 5.75 Å². The molecule has 0 radical (unpaired) electrons. The van der Waals surface area contributed by atoms with Gasteiger partial charge in [0.15, 0.2) is 0 Å². The number of carboxylic acid groups (broad SMARTS) is 1. The molecule has 5 aliphatic carbocycles. The summed E-state index contributed by atoms with van der Waals surface area (Å²) in [5, 5.41) is 17.5. The van der Waals surface area contributed by atoms with Crippen LogP contribution in [0.1, 0.15) is 56.1 Å². The highest BCUT2D eigenvalue weighted by molar-refractivity contribution is 5.85. The summed E-state index contributed by atoms with van der Waals surface area (Å²) in [5.41, 5.74) is 7.81. The first-order valence-corrected chi connectivity index (χ1v) is 12.4. The first-order valence-electron chi connectivity index (χ1n) is 12.4. The van der Waals surface area contributed by atoms with Gasteiger partial charge in [0.1, 0.15) is 5.75 Å². The minimum Gasteiger partial charge on any atom is -0.493 e. The quantitative estimate of drug-likeness (QED) is 0.139. The monoisotopic (exact) mass is 473 g/mol. The lowest BCUT2D eigenvalue weighted by Crippen LogP contribution is -2.49. The molecule has 0 aliphatic heterocycles. The number of aliphatic carboxylic acids is 1. The fourth-order valence-electron chi connectivity index (χ4n) is 6.19. The van der Waals surface area contributed by atoms with Crippen molar-refractivity contribution in [3.8, 4) is 16.9 Å². The third-order valence-corrected chi connectivity index (χ3v) is 7.91. The Labute approximate surface area is 205 Å². The molecule has 6 nitrogen and oxygen atoms in total. The topological polar surface area (TPSA) is 95.9 Å². The van der Waals surface area contributed by atoms with Crippen LogP contribution in [0, 0.1) is 11.8 Å². The molecule has 6 heteroatoms. The minimum absolute atomic E-state index is 0.113. The van der Waals surface area contributed by atoms with E-state index in [-0.39, 0.29) is 17.7 Å². The second-order valence-corrected chi connectivity index (χ2v) is 10.1. The van der Waals surface area contributed by atoms with Gasteiger partial charge in [-0.1, -0.05) is 42.0 Å². The first kappa shape index (κ1) is 23.4. The highest BCUT2D eigenvalue weighted by atomic mass is 16.5. The number of rotatable bonds is 10. The second kappa shape index (κ2) is 9.70. The van der Waals surface area contributed by atoms with Crippen LogP contribution in [0.25, 0.3) is 17.2 Å². The maximum Gasteiger partial charge on any atom is 0.328 e. The average Bonchev–Trinajstić information content (AvgIpc) is 2.87. The lowest BCUT2D eigenvalue weighted by molar-refractivity contribution is -0.131. The largest absolute Gasteiger partial charge is 0.493 e. The molecule has 3 fully saturated rings.